The van der Waals surface area contributed by atoms with Crippen LogP contribution in [0.2, 0.25) is 0 Å². The molecule has 0 unspecified atom stereocenters. The van der Waals surface area contributed by atoms with E-state index in [4.69, 9.17) is 0 Å². The Balaban J connectivity index is 0. The van der Waals surface area contributed by atoms with Crippen molar-refractivity contribution in [3.63, 3.8) is 0 Å². The Morgan fingerprint density at radius 1 is 1.25 bits per heavy atom. The topological polar surface area (TPSA) is 80.3 Å². The second-order valence-corrected chi connectivity index (χ2v) is 2.59. The third-order valence-electron chi connectivity index (χ3n) is 1.36. The fourth-order valence-electron chi connectivity index (χ4n) is 0.751. The van der Waals surface area contributed by atoms with Crippen LogP contribution in [-0.2, 0) is 9.59 Å². The summed E-state index contributed by atoms with van der Waals surface area (Å²) in [5.41, 5.74) is 0. The van der Waals surface area contributed by atoms with E-state index < -0.39 is 11.9 Å². The maximum absolute atomic E-state index is 9.98. The number of carboxylic acid groups (broad SMARTS) is 2. The molecule has 0 aromatic rings. The van der Waals surface area contributed by atoms with Gasteiger partial charge in [-0.05, 0) is 25.2 Å². The van der Waals surface area contributed by atoms with E-state index in [1.807, 2.05) is 0 Å². The average Bonchev–Trinajstić information content (AvgIpc) is 1.82. The van der Waals surface area contributed by atoms with E-state index in [1.165, 1.54) is 0 Å². The SMILES string of the molecule is C[C@H](CCC(=O)[O-])CC(=O)[O-].[Sr+2]. The molecule has 64 valence electrons. The van der Waals surface area contributed by atoms with Gasteiger partial charge in [0.25, 0.3) is 0 Å². The van der Waals surface area contributed by atoms with Crippen molar-refractivity contribution >= 4 is 57.4 Å². The number of rotatable bonds is 5. The van der Waals surface area contributed by atoms with Gasteiger partial charge in [0.05, 0.1) is 0 Å². The van der Waals surface area contributed by atoms with Crippen molar-refractivity contribution < 1.29 is 19.8 Å². The van der Waals surface area contributed by atoms with Crippen LogP contribution in [0.1, 0.15) is 26.2 Å². The molecule has 4 nitrogen and oxygen atoms in total. The van der Waals surface area contributed by atoms with Gasteiger partial charge in [-0.25, -0.2) is 0 Å². The van der Waals surface area contributed by atoms with E-state index in [0.717, 1.165) is 0 Å². The van der Waals surface area contributed by atoms with Crippen molar-refractivity contribution in [1.29, 1.82) is 0 Å². The van der Waals surface area contributed by atoms with Crippen LogP contribution in [0.5, 0.6) is 0 Å². The molecule has 0 saturated carbocycles. The van der Waals surface area contributed by atoms with Gasteiger partial charge in [-0.3, -0.25) is 0 Å². The molecule has 0 fully saturated rings. The van der Waals surface area contributed by atoms with Crippen LogP contribution < -0.4 is 10.2 Å². The predicted octanol–water partition coefficient (Wildman–Crippen LogP) is -2.09. The summed E-state index contributed by atoms with van der Waals surface area (Å²) in [7, 11) is 0. The normalized spacial score (nSPS) is 11.4. The van der Waals surface area contributed by atoms with Gasteiger partial charge in [-0.15, -0.1) is 0 Å². The quantitative estimate of drug-likeness (QED) is 0.521. The van der Waals surface area contributed by atoms with Crippen LogP contribution in [0.3, 0.4) is 0 Å². The molecule has 0 aromatic carbocycles. The van der Waals surface area contributed by atoms with Gasteiger partial charge in [-0.1, -0.05) is 6.92 Å². The average molecular weight is 246 g/mol. The van der Waals surface area contributed by atoms with Gasteiger partial charge in [0.15, 0.2) is 0 Å². The molecule has 0 aliphatic rings. The van der Waals surface area contributed by atoms with Gasteiger partial charge < -0.3 is 19.8 Å². The van der Waals surface area contributed by atoms with Crippen molar-refractivity contribution in [2.45, 2.75) is 26.2 Å². The molecule has 0 aliphatic carbocycles. The summed E-state index contributed by atoms with van der Waals surface area (Å²) in [6, 6.07) is 0. The summed E-state index contributed by atoms with van der Waals surface area (Å²) in [6.45, 7) is 1.67. The van der Waals surface area contributed by atoms with Crippen molar-refractivity contribution in [3.8, 4) is 0 Å². The Labute approximate surface area is 108 Å². The Morgan fingerprint density at radius 2 is 1.75 bits per heavy atom. The second kappa shape index (κ2) is 8.04. The minimum absolute atomic E-state index is 0. The molecule has 0 N–H and O–H groups in total. The molecule has 12 heavy (non-hydrogen) atoms. The van der Waals surface area contributed by atoms with Crippen molar-refractivity contribution in [3.05, 3.63) is 0 Å². The molecule has 0 radical (unpaired) electrons. The van der Waals surface area contributed by atoms with E-state index in [0.29, 0.717) is 6.42 Å². The summed E-state index contributed by atoms with van der Waals surface area (Å²) in [4.78, 5) is 19.9. The molecule has 0 rings (SSSR count). The van der Waals surface area contributed by atoms with E-state index in [-0.39, 0.29) is 64.2 Å². The number of carbonyl (C=O) groups is 2. The van der Waals surface area contributed by atoms with Crippen LogP contribution in [0.25, 0.3) is 0 Å². The minimum atomic E-state index is -1.14. The molecule has 0 bridgehead atoms. The van der Waals surface area contributed by atoms with Gasteiger partial charge >= 0.3 is 45.5 Å². The number of hydrogen-bond donors (Lipinski definition) is 0. The predicted molar refractivity (Wildman–Crippen MR) is 38.8 cm³/mol. The van der Waals surface area contributed by atoms with Crippen LogP contribution >= 0.6 is 0 Å². The van der Waals surface area contributed by atoms with Crippen LogP contribution in [0.15, 0.2) is 0 Å². The number of carboxylic acids is 2. The van der Waals surface area contributed by atoms with Gasteiger partial charge in [0, 0.05) is 11.9 Å². The summed E-state index contributed by atoms with van der Waals surface area (Å²) in [5.74, 6) is -2.44. The largest absolute Gasteiger partial charge is 2.00 e. The molecule has 0 amide bonds. The van der Waals surface area contributed by atoms with E-state index >= 15 is 0 Å². The van der Waals surface area contributed by atoms with Crippen molar-refractivity contribution in [2.24, 2.45) is 5.92 Å². The number of carbonyl (C=O) groups excluding carboxylic acids is 2. The first-order valence-electron chi connectivity index (χ1n) is 3.42. The molecular formula is C7H10O4Sr. The minimum Gasteiger partial charge on any atom is -0.550 e. The van der Waals surface area contributed by atoms with Crippen molar-refractivity contribution in [2.75, 3.05) is 0 Å². The Morgan fingerprint density at radius 3 is 2.08 bits per heavy atom. The number of hydrogen-bond acceptors (Lipinski definition) is 4. The maximum atomic E-state index is 9.98. The fraction of sp³-hybridized carbons (Fsp3) is 0.714. The molecule has 0 spiro atoms. The summed E-state index contributed by atoms with van der Waals surface area (Å²) in [6.07, 6.45) is 0.151. The second-order valence-electron chi connectivity index (χ2n) is 2.59. The molecule has 0 aliphatic heterocycles. The van der Waals surface area contributed by atoms with Gasteiger partial charge in [0.2, 0.25) is 0 Å². The van der Waals surface area contributed by atoms with Crippen LogP contribution in [0.4, 0.5) is 0 Å². The molecule has 0 saturated heterocycles. The first-order valence-corrected chi connectivity index (χ1v) is 3.42. The standard InChI is InChI=1S/C7H12O4.Sr/c1-5(4-7(10)11)2-3-6(8)9;/h5H,2-4H2,1H3,(H,8,9)(H,10,11);/q;+2/p-2/t5-;/m1./s1. The van der Waals surface area contributed by atoms with E-state index in [1.54, 1.807) is 6.92 Å². The first-order chi connectivity index (χ1) is 5.02. The number of aliphatic carboxylic acids is 2. The monoisotopic (exact) mass is 246 g/mol. The molecule has 1 atom stereocenters. The first kappa shape index (κ1) is 14.9. The summed E-state index contributed by atoms with van der Waals surface area (Å²) in [5, 5.41) is 19.9. The van der Waals surface area contributed by atoms with Gasteiger partial charge in [-0.2, -0.15) is 0 Å². The molecule has 0 heterocycles. The fourth-order valence-corrected chi connectivity index (χ4v) is 0.751. The molecule has 5 heteroatoms. The molecular weight excluding hydrogens is 236 g/mol. The zero-order valence-electron chi connectivity index (χ0n) is 7.04. The van der Waals surface area contributed by atoms with E-state index in [2.05, 4.69) is 0 Å². The van der Waals surface area contributed by atoms with E-state index in [9.17, 15) is 19.8 Å². The third-order valence-corrected chi connectivity index (χ3v) is 1.36. The maximum Gasteiger partial charge on any atom is 2.00 e. The Kier molecular flexibility index (Phi) is 9.99. The Bertz CT molecular complexity index is 157. The van der Waals surface area contributed by atoms with Crippen molar-refractivity contribution in [1.82, 2.24) is 0 Å². The third kappa shape index (κ3) is 10.4. The summed E-state index contributed by atoms with van der Waals surface area (Å²) >= 11 is 0. The zero-order chi connectivity index (χ0) is 8.85. The summed E-state index contributed by atoms with van der Waals surface area (Å²) < 4.78 is 0. The van der Waals surface area contributed by atoms with Gasteiger partial charge in [0.1, 0.15) is 0 Å². The van der Waals surface area contributed by atoms with Crippen LogP contribution in [-0.4, -0.2) is 57.4 Å². The Hall–Kier alpha value is 0.421. The zero-order valence-corrected chi connectivity index (χ0v) is 10.5. The smallest absolute Gasteiger partial charge is 0.550 e. The van der Waals surface area contributed by atoms with Crippen LogP contribution in [0, 0.1) is 5.92 Å². The molecule has 0 aromatic heterocycles.